The van der Waals surface area contributed by atoms with E-state index in [0.717, 1.165) is 36.7 Å². The maximum atomic E-state index is 12.1. The van der Waals surface area contributed by atoms with Gasteiger partial charge in [0.1, 0.15) is 6.04 Å². The SMILES string of the molecule is O=C1N(O)C2CCC(c3nnc(CCCCCC4CCCCC4)o3)N1C2. The van der Waals surface area contributed by atoms with Crippen LogP contribution in [-0.2, 0) is 6.42 Å². The highest BCUT2D eigenvalue weighted by Gasteiger charge is 2.46. The average molecular weight is 362 g/mol. The van der Waals surface area contributed by atoms with E-state index in [1.165, 1.54) is 51.4 Å². The van der Waals surface area contributed by atoms with Gasteiger partial charge in [-0.25, -0.2) is 9.86 Å². The molecule has 2 aliphatic heterocycles. The van der Waals surface area contributed by atoms with Crippen molar-refractivity contribution in [3.63, 3.8) is 0 Å². The highest BCUT2D eigenvalue weighted by Crippen LogP contribution is 2.37. The van der Waals surface area contributed by atoms with Crippen LogP contribution < -0.4 is 0 Å². The quantitative estimate of drug-likeness (QED) is 0.584. The van der Waals surface area contributed by atoms with Gasteiger partial charge in [-0.05, 0) is 25.2 Å². The monoisotopic (exact) mass is 362 g/mol. The van der Waals surface area contributed by atoms with Crippen LogP contribution in [0.25, 0.3) is 0 Å². The van der Waals surface area contributed by atoms with Crippen LogP contribution in [0.15, 0.2) is 4.42 Å². The Bertz CT molecular complexity index is 614. The summed E-state index contributed by atoms with van der Waals surface area (Å²) in [7, 11) is 0. The molecule has 0 spiro atoms. The van der Waals surface area contributed by atoms with E-state index >= 15 is 0 Å². The summed E-state index contributed by atoms with van der Waals surface area (Å²) in [5.41, 5.74) is 0. The van der Waals surface area contributed by atoms with E-state index in [-0.39, 0.29) is 18.1 Å². The van der Waals surface area contributed by atoms with Gasteiger partial charge in [-0.1, -0.05) is 51.4 Å². The van der Waals surface area contributed by atoms with E-state index in [9.17, 15) is 10.0 Å². The van der Waals surface area contributed by atoms with Crippen molar-refractivity contribution in [3.8, 4) is 0 Å². The van der Waals surface area contributed by atoms with E-state index in [0.29, 0.717) is 18.3 Å². The number of fused-ring (bicyclic) bond motifs is 2. The van der Waals surface area contributed by atoms with E-state index < -0.39 is 0 Å². The summed E-state index contributed by atoms with van der Waals surface area (Å²) >= 11 is 0. The van der Waals surface area contributed by atoms with Crippen molar-refractivity contribution in [2.24, 2.45) is 5.92 Å². The van der Waals surface area contributed by atoms with Gasteiger partial charge in [0, 0.05) is 13.0 Å². The van der Waals surface area contributed by atoms with Crippen LogP contribution in [0.3, 0.4) is 0 Å². The third-order valence-electron chi connectivity index (χ3n) is 6.34. The van der Waals surface area contributed by atoms with Gasteiger partial charge in [-0.3, -0.25) is 5.21 Å². The van der Waals surface area contributed by atoms with Crippen LogP contribution >= 0.6 is 0 Å². The number of amides is 2. The molecule has 3 fully saturated rings. The first kappa shape index (κ1) is 17.8. The van der Waals surface area contributed by atoms with E-state index in [4.69, 9.17) is 4.42 Å². The number of carbonyl (C=O) groups excluding carboxylic acids is 1. The first-order valence-electron chi connectivity index (χ1n) is 10.3. The van der Waals surface area contributed by atoms with Crippen LogP contribution in [0.1, 0.15) is 88.5 Å². The number of carbonyl (C=O) groups is 1. The molecule has 2 unspecified atom stereocenters. The molecule has 7 nitrogen and oxygen atoms in total. The number of aryl methyl sites for hydroxylation is 1. The number of rotatable bonds is 7. The summed E-state index contributed by atoms with van der Waals surface area (Å²) in [4.78, 5) is 13.7. The molecule has 2 atom stereocenters. The highest BCUT2D eigenvalue weighted by molar-refractivity contribution is 5.76. The molecule has 1 saturated carbocycles. The van der Waals surface area contributed by atoms with Crippen LogP contribution in [0.2, 0.25) is 0 Å². The van der Waals surface area contributed by atoms with E-state index in [2.05, 4.69) is 10.2 Å². The molecule has 4 rings (SSSR count). The van der Waals surface area contributed by atoms with Crippen molar-refractivity contribution in [2.45, 2.75) is 89.1 Å². The molecule has 1 aliphatic carbocycles. The van der Waals surface area contributed by atoms with Crippen LogP contribution in [0.4, 0.5) is 4.79 Å². The van der Waals surface area contributed by atoms with Crippen molar-refractivity contribution in [1.29, 1.82) is 0 Å². The Balaban J connectivity index is 1.21. The predicted octanol–water partition coefficient (Wildman–Crippen LogP) is 4.08. The van der Waals surface area contributed by atoms with E-state index in [1.807, 2.05) is 0 Å². The van der Waals surface area contributed by atoms with Crippen LogP contribution in [-0.4, -0.2) is 44.0 Å². The number of piperidine rings is 1. The molecular formula is C19H30N4O3. The molecule has 1 N–H and O–H groups in total. The van der Waals surface area contributed by atoms with Gasteiger partial charge in [0.25, 0.3) is 0 Å². The summed E-state index contributed by atoms with van der Waals surface area (Å²) in [5, 5.41) is 19.0. The molecule has 0 aromatic carbocycles. The Morgan fingerprint density at radius 3 is 2.73 bits per heavy atom. The molecule has 3 aliphatic rings. The summed E-state index contributed by atoms with van der Waals surface area (Å²) in [5.74, 6) is 2.15. The number of nitrogens with zero attached hydrogens (tertiary/aromatic N) is 4. The van der Waals surface area contributed by atoms with Crippen molar-refractivity contribution >= 4 is 6.03 Å². The Morgan fingerprint density at radius 1 is 1.04 bits per heavy atom. The minimum Gasteiger partial charge on any atom is -0.423 e. The van der Waals surface area contributed by atoms with Gasteiger partial charge in [0.2, 0.25) is 11.8 Å². The maximum absolute atomic E-state index is 12.1. The Kier molecular flexibility index (Phi) is 5.43. The second kappa shape index (κ2) is 7.94. The van der Waals surface area contributed by atoms with Crippen molar-refractivity contribution in [3.05, 3.63) is 11.8 Å². The average Bonchev–Trinajstić information content (AvgIpc) is 3.23. The van der Waals surface area contributed by atoms with Gasteiger partial charge in [0.05, 0.1) is 6.04 Å². The predicted molar refractivity (Wildman–Crippen MR) is 94.5 cm³/mol. The molecule has 1 aromatic heterocycles. The Morgan fingerprint density at radius 2 is 1.88 bits per heavy atom. The summed E-state index contributed by atoms with van der Waals surface area (Å²) < 4.78 is 5.84. The molecule has 0 radical (unpaired) electrons. The third-order valence-corrected chi connectivity index (χ3v) is 6.34. The second-order valence-electron chi connectivity index (χ2n) is 8.16. The fourth-order valence-electron chi connectivity index (χ4n) is 4.77. The van der Waals surface area contributed by atoms with Gasteiger partial charge < -0.3 is 9.32 Å². The lowest BCUT2D eigenvalue weighted by molar-refractivity contribution is -0.0584. The molecule has 2 saturated heterocycles. The first-order chi connectivity index (χ1) is 12.7. The molecular weight excluding hydrogens is 332 g/mol. The number of aromatic nitrogens is 2. The minimum atomic E-state index is -0.347. The molecule has 2 amide bonds. The molecule has 26 heavy (non-hydrogen) atoms. The number of hydrogen-bond acceptors (Lipinski definition) is 5. The Hall–Kier alpha value is -1.63. The van der Waals surface area contributed by atoms with Gasteiger partial charge >= 0.3 is 6.03 Å². The number of urea groups is 1. The summed E-state index contributed by atoms with van der Waals surface area (Å²) in [6.07, 6.45) is 14.4. The van der Waals surface area contributed by atoms with Gasteiger partial charge in [-0.15, -0.1) is 10.2 Å². The standard InChI is InChI=1S/C19H30N4O3/c24-19-22-13-15(23(19)25)11-12-16(22)18-21-20-17(26-18)10-6-2-5-9-14-7-3-1-4-8-14/h14-16,25H,1-13H2. The third kappa shape index (κ3) is 3.72. The normalized spacial score (nSPS) is 26.7. The topological polar surface area (TPSA) is 82.7 Å². The zero-order chi connectivity index (χ0) is 17.9. The maximum Gasteiger partial charge on any atom is 0.344 e. The van der Waals surface area contributed by atoms with Crippen molar-refractivity contribution in [2.75, 3.05) is 6.54 Å². The molecule has 3 heterocycles. The van der Waals surface area contributed by atoms with Crippen molar-refractivity contribution in [1.82, 2.24) is 20.2 Å². The zero-order valence-corrected chi connectivity index (χ0v) is 15.5. The fourth-order valence-corrected chi connectivity index (χ4v) is 4.77. The molecule has 144 valence electrons. The second-order valence-corrected chi connectivity index (χ2v) is 8.16. The lowest BCUT2D eigenvalue weighted by Gasteiger charge is -2.27. The van der Waals surface area contributed by atoms with Gasteiger partial charge in [0.15, 0.2) is 0 Å². The number of hydroxylamine groups is 2. The smallest absolute Gasteiger partial charge is 0.344 e. The molecule has 7 heteroatoms. The lowest BCUT2D eigenvalue weighted by atomic mass is 9.85. The number of unbranched alkanes of at least 4 members (excludes halogenated alkanes) is 2. The minimum absolute atomic E-state index is 0.0923. The summed E-state index contributed by atoms with van der Waals surface area (Å²) in [6, 6.07) is -0.631. The Labute approximate surface area is 154 Å². The highest BCUT2D eigenvalue weighted by atomic mass is 16.5. The first-order valence-corrected chi connectivity index (χ1v) is 10.3. The van der Waals surface area contributed by atoms with Crippen LogP contribution in [0.5, 0.6) is 0 Å². The largest absolute Gasteiger partial charge is 0.423 e. The molecule has 1 aromatic rings. The van der Waals surface area contributed by atoms with Gasteiger partial charge in [-0.2, -0.15) is 0 Å². The lowest BCUT2D eigenvalue weighted by Crippen LogP contribution is -2.34. The summed E-state index contributed by atoms with van der Waals surface area (Å²) in [6.45, 7) is 0.541. The van der Waals surface area contributed by atoms with Crippen molar-refractivity contribution < 1.29 is 14.4 Å². The number of hydrogen-bond donors (Lipinski definition) is 1. The van der Waals surface area contributed by atoms with E-state index in [1.54, 1.807) is 4.90 Å². The van der Waals surface area contributed by atoms with Crippen LogP contribution in [0, 0.1) is 5.92 Å². The zero-order valence-electron chi connectivity index (χ0n) is 15.5. The molecule has 2 bridgehead atoms. The fraction of sp³-hybridized carbons (Fsp3) is 0.842.